The summed E-state index contributed by atoms with van der Waals surface area (Å²) in [5, 5.41) is 20.5. The summed E-state index contributed by atoms with van der Waals surface area (Å²) in [6.07, 6.45) is 5.14. The summed E-state index contributed by atoms with van der Waals surface area (Å²) in [5.41, 5.74) is 0.748. The van der Waals surface area contributed by atoms with E-state index in [0.717, 1.165) is 29.8 Å². The molecule has 0 fully saturated rings. The van der Waals surface area contributed by atoms with Crippen molar-refractivity contribution in [1.82, 2.24) is 9.97 Å². The zero-order chi connectivity index (χ0) is 26.8. The smallest absolute Gasteiger partial charge is 0.300 e. The summed E-state index contributed by atoms with van der Waals surface area (Å²) in [4.78, 5) is 27.2. The quantitative estimate of drug-likeness (QED) is 0.113. The van der Waals surface area contributed by atoms with Gasteiger partial charge in [-0.05, 0) is 41.1 Å². The molecule has 3 aromatic carbocycles. The van der Waals surface area contributed by atoms with Crippen molar-refractivity contribution in [2.45, 2.75) is 11.8 Å². The van der Waals surface area contributed by atoms with Crippen LogP contribution >= 0.6 is 0 Å². The van der Waals surface area contributed by atoms with Crippen molar-refractivity contribution in [2.24, 2.45) is 0 Å². The van der Waals surface area contributed by atoms with E-state index in [1.807, 2.05) is 48.5 Å². The van der Waals surface area contributed by atoms with Gasteiger partial charge in [-0.1, -0.05) is 42.5 Å². The van der Waals surface area contributed by atoms with Crippen molar-refractivity contribution in [1.29, 1.82) is 0 Å². The number of nitro benzene ring substituents is 1. The normalized spacial score (nSPS) is 10.1. The number of hydrogen-bond donors (Lipinski definition) is 1. The van der Waals surface area contributed by atoms with E-state index in [1.165, 1.54) is 12.1 Å². The van der Waals surface area contributed by atoms with Crippen molar-refractivity contribution in [3.05, 3.63) is 118 Å². The van der Waals surface area contributed by atoms with Crippen LogP contribution in [0, 0.1) is 10.1 Å². The second kappa shape index (κ2) is 13.9. The van der Waals surface area contributed by atoms with E-state index >= 15 is 0 Å². The van der Waals surface area contributed by atoms with Gasteiger partial charge >= 0.3 is 0 Å². The Kier molecular flexibility index (Phi) is 11.0. The first-order chi connectivity index (χ1) is 17.7. The molecular formula is C26H21N4O6PdS-. The SMILES string of the molecule is CC(=O)O.O=[N+]([O-])c1ccc(S(=O)(=O)[N-]c2cccc3ccc4cccnc4c23)cc1.[Pd].c1ccncc1. The number of nitro groups is 1. The molecule has 0 unspecified atom stereocenters. The van der Waals surface area contributed by atoms with Crippen molar-refractivity contribution < 1.29 is 43.7 Å². The Labute approximate surface area is 232 Å². The number of non-ortho nitro benzene ring substituents is 1. The Bertz CT molecular complexity index is 1600. The first-order valence-corrected chi connectivity index (χ1v) is 12.2. The van der Waals surface area contributed by atoms with Gasteiger partial charge in [-0.3, -0.25) is 24.9 Å². The maximum atomic E-state index is 12.7. The molecule has 0 aliphatic rings. The van der Waals surface area contributed by atoms with E-state index in [4.69, 9.17) is 9.90 Å². The molecule has 38 heavy (non-hydrogen) atoms. The molecule has 0 saturated carbocycles. The molecule has 0 aliphatic heterocycles. The maximum absolute atomic E-state index is 12.7. The maximum Gasteiger partial charge on any atom is 0.300 e. The number of carboxylic acids is 1. The first-order valence-electron chi connectivity index (χ1n) is 10.7. The summed E-state index contributed by atoms with van der Waals surface area (Å²) < 4.78 is 29.4. The number of aromatic nitrogens is 2. The van der Waals surface area contributed by atoms with Crippen LogP contribution in [0.2, 0.25) is 0 Å². The minimum absolute atomic E-state index is 0. The van der Waals surface area contributed by atoms with Gasteiger partial charge in [-0.25, -0.2) is 8.42 Å². The molecule has 10 nitrogen and oxygen atoms in total. The van der Waals surface area contributed by atoms with E-state index in [0.29, 0.717) is 10.9 Å². The molecule has 1 N–H and O–H groups in total. The summed E-state index contributed by atoms with van der Waals surface area (Å²) in [5.74, 6) is -0.833. The number of pyridine rings is 2. The van der Waals surface area contributed by atoms with Gasteiger partial charge in [0.15, 0.2) is 0 Å². The van der Waals surface area contributed by atoms with E-state index in [2.05, 4.69) is 14.7 Å². The van der Waals surface area contributed by atoms with Gasteiger partial charge in [0.2, 0.25) is 0 Å². The summed E-state index contributed by atoms with van der Waals surface area (Å²) >= 11 is 0. The van der Waals surface area contributed by atoms with Crippen molar-refractivity contribution in [2.75, 3.05) is 0 Å². The Hall–Kier alpha value is -4.24. The predicted molar refractivity (Wildman–Crippen MR) is 140 cm³/mol. The Morgan fingerprint density at radius 2 is 1.47 bits per heavy atom. The molecule has 0 aliphatic carbocycles. The first kappa shape index (κ1) is 30.0. The fourth-order valence-corrected chi connectivity index (χ4v) is 4.20. The number of aliphatic carboxylic acids is 1. The van der Waals surface area contributed by atoms with Crippen molar-refractivity contribution in [3.8, 4) is 0 Å². The zero-order valence-corrected chi connectivity index (χ0v) is 22.2. The largest absolute Gasteiger partial charge is 0.572 e. The number of carboxylic acid groups (broad SMARTS) is 1. The Balaban J connectivity index is 0.000000390. The fourth-order valence-electron chi connectivity index (χ4n) is 3.21. The molecule has 2 heterocycles. The molecule has 0 bridgehead atoms. The monoisotopic (exact) mass is 623 g/mol. The Morgan fingerprint density at radius 3 is 2.03 bits per heavy atom. The van der Waals surface area contributed by atoms with Gasteiger partial charge in [-0.2, -0.15) is 0 Å². The summed E-state index contributed by atoms with van der Waals surface area (Å²) in [6.45, 7) is 1.08. The van der Waals surface area contributed by atoms with E-state index < -0.39 is 20.9 Å². The number of carbonyl (C=O) groups is 1. The second-order valence-corrected chi connectivity index (χ2v) is 8.98. The van der Waals surface area contributed by atoms with Gasteiger partial charge in [0.1, 0.15) is 10.0 Å². The van der Waals surface area contributed by atoms with Crippen LogP contribution in [0.1, 0.15) is 6.92 Å². The third kappa shape index (κ3) is 8.14. The zero-order valence-electron chi connectivity index (χ0n) is 19.8. The van der Waals surface area contributed by atoms with Crippen LogP contribution in [0.5, 0.6) is 0 Å². The molecule has 12 heteroatoms. The van der Waals surface area contributed by atoms with Crippen LogP contribution in [0.3, 0.4) is 0 Å². The van der Waals surface area contributed by atoms with Gasteiger partial charge < -0.3 is 9.83 Å². The molecule has 0 amide bonds. The van der Waals surface area contributed by atoms with Gasteiger partial charge in [-0.15, -0.1) is 5.69 Å². The van der Waals surface area contributed by atoms with Crippen LogP contribution in [0.4, 0.5) is 11.4 Å². The Morgan fingerprint density at radius 1 is 0.868 bits per heavy atom. The van der Waals surface area contributed by atoms with Gasteiger partial charge in [0.05, 0.1) is 15.3 Å². The number of nitrogens with zero attached hydrogens (tertiary/aromatic N) is 4. The fraction of sp³-hybridized carbons (Fsp3) is 0.0385. The average Bonchev–Trinajstić information content (AvgIpc) is 2.89. The molecule has 5 rings (SSSR count). The van der Waals surface area contributed by atoms with Crippen LogP contribution in [0.15, 0.2) is 108 Å². The van der Waals surface area contributed by atoms with Crippen LogP contribution in [-0.2, 0) is 35.2 Å². The number of benzene rings is 3. The second-order valence-electron chi connectivity index (χ2n) is 7.38. The van der Waals surface area contributed by atoms with E-state index in [-0.39, 0.29) is 36.7 Å². The van der Waals surface area contributed by atoms with Crippen molar-refractivity contribution >= 4 is 49.0 Å². The molecule has 0 saturated heterocycles. The molecular weight excluding hydrogens is 603 g/mol. The minimum atomic E-state index is -4.04. The standard InChI is InChI=1S/C19H12N3O4S.C5H5N.C2H4O2.Pd/c23-22(24)15-8-10-16(11-9-15)27(25,26)21-17-5-1-3-13-6-7-14-4-2-12-20-19(14)18(13)17;1-2-4-6-5-3-1;1-2(3)4;/h1-12H;1-5H;1H3,(H,3,4);/q-1;;;. The predicted octanol–water partition coefficient (Wildman–Crippen LogP) is 5.86. The molecule has 0 spiro atoms. The van der Waals surface area contributed by atoms with Crippen LogP contribution in [0.25, 0.3) is 26.4 Å². The summed E-state index contributed by atoms with van der Waals surface area (Å²) in [7, 11) is -4.04. The van der Waals surface area contributed by atoms with Gasteiger partial charge in [0.25, 0.3) is 11.7 Å². The molecule has 0 radical (unpaired) electrons. The van der Waals surface area contributed by atoms with Crippen LogP contribution in [-0.4, -0.2) is 34.4 Å². The molecule has 0 atom stereocenters. The minimum Gasteiger partial charge on any atom is -0.572 e. The molecule has 5 aromatic rings. The number of fused-ring (bicyclic) bond motifs is 3. The number of hydrogen-bond acceptors (Lipinski definition) is 7. The van der Waals surface area contributed by atoms with E-state index in [1.54, 1.807) is 30.7 Å². The molecule has 198 valence electrons. The average molecular weight is 624 g/mol. The number of sulfonamides is 1. The van der Waals surface area contributed by atoms with Gasteiger partial charge in [0, 0.05) is 63.5 Å². The van der Waals surface area contributed by atoms with Crippen molar-refractivity contribution in [3.63, 3.8) is 0 Å². The summed E-state index contributed by atoms with van der Waals surface area (Å²) in [6, 6.07) is 23.1. The third-order valence-corrected chi connectivity index (χ3v) is 6.03. The number of rotatable bonds is 4. The molecule has 2 aromatic heterocycles. The third-order valence-electron chi connectivity index (χ3n) is 4.72. The van der Waals surface area contributed by atoms with Crippen LogP contribution < -0.4 is 0 Å². The van der Waals surface area contributed by atoms with E-state index in [9.17, 15) is 18.5 Å². The topological polar surface area (TPSA) is 154 Å².